The van der Waals surface area contributed by atoms with E-state index in [4.69, 9.17) is 0 Å². The van der Waals surface area contributed by atoms with E-state index in [2.05, 4.69) is 68.5 Å². The Morgan fingerprint density at radius 2 is 0.821 bits per heavy atom. The smallest absolute Gasteiger partial charge is 0.137 e. The largest absolute Gasteiger partial charge is 0.338 e. The van der Waals surface area contributed by atoms with Crippen LogP contribution in [0.4, 0.5) is 0 Å². The summed E-state index contributed by atoms with van der Waals surface area (Å²) in [6.45, 7) is 0. The maximum atomic E-state index is 4.53. The highest BCUT2D eigenvalue weighted by atomic mass is 14.9. The Hall–Kier alpha value is -3.92. The van der Waals surface area contributed by atoms with Crippen LogP contribution in [0.15, 0.2) is 97.3 Å². The molecule has 0 spiro atoms. The Morgan fingerprint density at radius 3 is 1.21 bits per heavy atom. The molecule has 5 aromatic rings. The maximum Gasteiger partial charge on any atom is 0.137 e. The molecule has 0 saturated heterocycles. The van der Waals surface area contributed by atoms with Gasteiger partial charge in [-0.25, -0.2) is 9.97 Å². The van der Waals surface area contributed by atoms with Gasteiger partial charge in [0.15, 0.2) is 0 Å². The van der Waals surface area contributed by atoms with Crippen LogP contribution in [-0.4, -0.2) is 19.9 Å². The first-order chi connectivity index (χ1) is 13.9. The van der Waals surface area contributed by atoms with Gasteiger partial charge in [0.1, 0.15) is 11.6 Å². The number of nitrogens with one attached hydrogen (secondary N) is 2. The summed E-state index contributed by atoms with van der Waals surface area (Å²) in [5.74, 6) is 1.71. The van der Waals surface area contributed by atoms with Crippen molar-refractivity contribution in [3.05, 3.63) is 97.3 Å². The number of aromatic amines is 2. The molecule has 0 atom stereocenters. The fourth-order valence-corrected chi connectivity index (χ4v) is 3.25. The zero-order valence-electron chi connectivity index (χ0n) is 15.1. The second kappa shape index (κ2) is 7.00. The lowest BCUT2D eigenvalue weighted by molar-refractivity contribution is 1.29. The third-order valence-electron chi connectivity index (χ3n) is 4.75. The minimum absolute atomic E-state index is 0.856. The van der Waals surface area contributed by atoms with Gasteiger partial charge >= 0.3 is 0 Å². The van der Waals surface area contributed by atoms with Crippen LogP contribution >= 0.6 is 0 Å². The Bertz CT molecular complexity index is 1090. The van der Waals surface area contributed by atoms with Crippen LogP contribution < -0.4 is 0 Å². The third-order valence-corrected chi connectivity index (χ3v) is 4.75. The molecule has 0 saturated carbocycles. The molecule has 0 unspecified atom stereocenters. The zero-order valence-corrected chi connectivity index (χ0v) is 15.1. The van der Waals surface area contributed by atoms with Gasteiger partial charge < -0.3 is 9.97 Å². The van der Waals surface area contributed by atoms with E-state index in [9.17, 15) is 0 Å². The van der Waals surface area contributed by atoms with Crippen LogP contribution in [0, 0.1) is 0 Å². The summed E-state index contributed by atoms with van der Waals surface area (Å²) in [5, 5.41) is 0. The van der Waals surface area contributed by atoms with Crippen LogP contribution in [-0.2, 0) is 0 Å². The van der Waals surface area contributed by atoms with E-state index < -0.39 is 0 Å². The molecule has 4 heteroatoms. The molecule has 0 aliphatic heterocycles. The van der Waals surface area contributed by atoms with Crippen molar-refractivity contribution in [3.63, 3.8) is 0 Å². The lowest BCUT2D eigenvalue weighted by Crippen LogP contribution is -1.84. The minimum atomic E-state index is 0.856. The quantitative estimate of drug-likeness (QED) is 0.424. The van der Waals surface area contributed by atoms with Crippen LogP contribution in [0.5, 0.6) is 0 Å². The second-order valence-corrected chi connectivity index (χ2v) is 6.60. The van der Waals surface area contributed by atoms with E-state index in [1.165, 1.54) is 0 Å². The van der Waals surface area contributed by atoms with Crippen LogP contribution in [0.2, 0.25) is 0 Å². The molecule has 0 aliphatic carbocycles. The monoisotopic (exact) mass is 362 g/mol. The third kappa shape index (κ3) is 3.12. The predicted molar refractivity (Wildman–Crippen MR) is 112 cm³/mol. The van der Waals surface area contributed by atoms with Crippen molar-refractivity contribution >= 4 is 0 Å². The number of hydrogen-bond donors (Lipinski definition) is 2. The number of aromatic nitrogens is 4. The van der Waals surface area contributed by atoms with Gasteiger partial charge in [0, 0.05) is 11.1 Å². The fourth-order valence-electron chi connectivity index (χ4n) is 3.25. The molecule has 2 N–H and O–H groups in total. The summed E-state index contributed by atoms with van der Waals surface area (Å²) in [5.41, 5.74) is 6.36. The molecule has 0 aliphatic rings. The number of rotatable bonds is 4. The van der Waals surface area contributed by atoms with Gasteiger partial charge in [0.05, 0.1) is 23.8 Å². The lowest BCUT2D eigenvalue weighted by atomic mass is 10.1. The van der Waals surface area contributed by atoms with E-state index in [-0.39, 0.29) is 0 Å². The van der Waals surface area contributed by atoms with Gasteiger partial charge in [-0.15, -0.1) is 0 Å². The van der Waals surface area contributed by atoms with Crippen LogP contribution in [0.3, 0.4) is 0 Å². The Labute approximate surface area is 163 Å². The van der Waals surface area contributed by atoms with Crippen LogP contribution in [0.25, 0.3) is 45.3 Å². The normalized spacial score (nSPS) is 10.9. The molecular formula is C24H18N4. The molecule has 0 bridgehead atoms. The standard InChI is InChI=1S/C24H18N4/c1-3-7-17(8-4-1)21-15-25-23(27-21)19-11-13-20(14-12-19)24-26-16-22(28-24)18-9-5-2-6-10-18/h1-16H,(H,25,27)(H,26,28). The highest BCUT2D eigenvalue weighted by Gasteiger charge is 2.08. The lowest BCUT2D eigenvalue weighted by Gasteiger charge is -2.01. The van der Waals surface area contributed by atoms with Gasteiger partial charge in [-0.05, 0) is 11.1 Å². The molecule has 0 amide bonds. The first kappa shape index (κ1) is 16.3. The van der Waals surface area contributed by atoms with E-state index >= 15 is 0 Å². The first-order valence-corrected chi connectivity index (χ1v) is 9.18. The molecule has 3 aromatic carbocycles. The molecule has 134 valence electrons. The highest BCUT2D eigenvalue weighted by Crippen LogP contribution is 2.26. The van der Waals surface area contributed by atoms with Crippen molar-refractivity contribution < 1.29 is 0 Å². The summed E-state index contributed by atoms with van der Waals surface area (Å²) in [6.07, 6.45) is 3.74. The zero-order chi connectivity index (χ0) is 18.8. The van der Waals surface area contributed by atoms with E-state index in [0.717, 1.165) is 45.3 Å². The van der Waals surface area contributed by atoms with Gasteiger partial charge in [0.2, 0.25) is 0 Å². The first-order valence-electron chi connectivity index (χ1n) is 9.18. The predicted octanol–water partition coefficient (Wildman–Crippen LogP) is 5.80. The number of nitrogens with zero attached hydrogens (tertiary/aromatic N) is 2. The topological polar surface area (TPSA) is 57.4 Å². The number of hydrogen-bond acceptors (Lipinski definition) is 2. The Kier molecular flexibility index (Phi) is 4.07. The fraction of sp³-hybridized carbons (Fsp3) is 0. The summed E-state index contributed by atoms with van der Waals surface area (Å²) in [6, 6.07) is 28.7. The second-order valence-electron chi connectivity index (χ2n) is 6.60. The van der Waals surface area contributed by atoms with Crippen molar-refractivity contribution in [2.75, 3.05) is 0 Å². The van der Waals surface area contributed by atoms with E-state index in [1.807, 2.05) is 48.8 Å². The maximum absolute atomic E-state index is 4.53. The molecule has 2 aromatic heterocycles. The van der Waals surface area contributed by atoms with E-state index in [0.29, 0.717) is 0 Å². The molecule has 4 nitrogen and oxygen atoms in total. The summed E-state index contributed by atoms with van der Waals surface area (Å²) >= 11 is 0. The van der Waals surface area contributed by atoms with Gasteiger partial charge in [-0.2, -0.15) is 0 Å². The SMILES string of the molecule is c1ccc(-c2cnc(-c3ccc(-c4ncc(-c5ccccc5)[nH]4)cc3)[nH]2)cc1. The van der Waals surface area contributed by atoms with Gasteiger partial charge in [-0.3, -0.25) is 0 Å². The number of benzene rings is 3. The molecule has 5 rings (SSSR count). The molecule has 28 heavy (non-hydrogen) atoms. The Balaban J connectivity index is 1.40. The van der Waals surface area contributed by atoms with Gasteiger partial charge in [-0.1, -0.05) is 84.9 Å². The van der Waals surface area contributed by atoms with Gasteiger partial charge in [0.25, 0.3) is 0 Å². The molecule has 2 heterocycles. The van der Waals surface area contributed by atoms with Crippen molar-refractivity contribution in [1.29, 1.82) is 0 Å². The minimum Gasteiger partial charge on any atom is -0.338 e. The Morgan fingerprint density at radius 1 is 0.429 bits per heavy atom. The van der Waals surface area contributed by atoms with Crippen molar-refractivity contribution in [2.24, 2.45) is 0 Å². The van der Waals surface area contributed by atoms with Crippen LogP contribution in [0.1, 0.15) is 0 Å². The summed E-state index contributed by atoms with van der Waals surface area (Å²) in [7, 11) is 0. The average molecular weight is 362 g/mol. The number of H-pyrrole nitrogens is 2. The molecule has 0 fully saturated rings. The summed E-state index contributed by atoms with van der Waals surface area (Å²) in [4.78, 5) is 15.9. The average Bonchev–Trinajstić information content (AvgIpc) is 3.46. The van der Waals surface area contributed by atoms with Crippen molar-refractivity contribution in [3.8, 4) is 45.3 Å². The van der Waals surface area contributed by atoms with Crippen molar-refractivity contribution in [1.82, 2.24) is 19.9 Å². The highest BCUT2D eigenvalue weighted by molar-refractivity contribution is 5.68. The summed E-state index contributed by atoms with van der Waals surface area (Å²) < 4.78 is 0. The number of imidazole rings is 2. The van der Waals surface area contributed by atoms with Crippen molar-refractivity contribution in [2.45, 2.75) is 0 Å². The molecular weight excluding hydrogens is 344 g/mol. The molecule has 0 radical (unpaired) electrons. The van der Waals surface area contributed by atoms with E-state index in [1.54, 1.807) is 0 Å².